The molecule has 0 unspecified atom stereocenters. The number of nitrogens with zero attached hydrogens (tertiary/aromatic N) is 1. The second-order valence-corrected chi connectivity index (χ2v) is 4.98. The normalized spacial score (nSPS) is 10.3. The van der Waals surface area contributed by atoms with Gasteiger partial charge in [-0.25, -0.2) is 4.79 Å². The number of benzene rings is 2. The van der Waals surface area contributed by atoms with E-state index in [1.165, 1.54) is 6.08 Å². The van der Waals surface area contributed by atoms with Gasteiger partial charge in [0.2, 0.25) is 0 Å². The molecular formula is C16H10BrNO3. The molecule has 4 nitrogen and oxygen atoms in total. The molecule has 0 spiro atoms. The molecule has 0 saturated heterocycles. The lowest BCUT2D eigenvalue weighted by atomic mass is 10.1. The van der Waals surface area contributed by atoms with Gasteiger partial charge in [0.05, 0.1) is 5.56 Å². The van der Waals surface area contributed by atoms with Crippen molar-refractivity contribution in [3.63, 3.8) is 0 Å². The van der Waals surface area contributed by atoms with Crippen molar-refractivity contribution in [2.24, 2.45) is 0 Å². The number of carboxylic acid groups (broad SMARTS) is 1. The van der Waals surface area contributed by atoms with Crippen LogP contribution in [0.2, 0.25) is 0 Å². The number of hydrogen-bond donors (Lipinski definition) is 1. The van der Waals surface area contributed by atoms with Crippen LogP contribution >= 0.6 is 15.9 Å². The molecule has 5 heteroatoms. The molecule has 2 aromatic carbocycles. The molecule has 104 valence electrons. The van der Waals surface area contributed by atoms with Crippen molar-refractivity contribution in [3.8, 4) is 17.6 Å². The Labute approximate surface area is 130 Å². The lowest BCUT2D eigenvalue weighted by Crippen LogP contribution is -1.92. The average molecular weight is 344 g/mol. The minimum Gasteiger partial charge on any atom is -0.478 e. The number of para-hydroxylation sites is 1. The third kappa shape index (κ3) is 3.94. The quantitative estimate of drug-likeness (QED) is 0.844. The van der Waals surface area contributed by atoms with Crippen LogP contribution in [-0.4, -0.2) is 11.1 Å². The van der Waals surface area contributed by atoms with E-state index in [0.29, 0.717) is 22.6 Å². The van der Waals surface area contributed by atoms with Gasteiger partial charge in [0.1, 0.15) is 17.6 Å². The maximum absolute atomic E-state index is 10.6. The van der Waals surface area contributed by atoms with Gasteiger partial charge in [-0.15, -0.1) is 0 Å². The Morgan fingerprint density at radius 3 is 2.71 bits per heavy atom. The van der Waals surface area contributed by atoms with Gasteiger partial charge in [0.25, 0.3) is 0 Å². The van der Waals surface area contributed by atoms with Crippen LogP contribution in [0.1, 0.15) is 11.1 Å². The predicted octanol–water partition coefficient (Wildman–Crippen LogP) is 4.21. The highest BCUT2D eigenvalue weighted by molar-refractivity contribution is 9.10. The van der Waals surface area contributed by atoms with E-state index < -0.39 is 5.97 Å². The third-order valence-electron chi connectivity index (χ3n) is 2.61. The van der Waals surface area contributed by atoms with E-state index in [4.69, 9.17) is 15.1 Å². The molecular weight excluding hydrogens is 334 g/mol. The number of rotatable bonds is 4. The molecule has 0 atom stereocenters. The van der Waals surface area contributed by atoms with E-state index in [2.05, 4.69) is 22.0 Å². The summed E-state index contributed by atoms with van der Waals surface area (Å²) in [5.74, 6) is -0.158. The SMILES string of the molecule is N#Cc1ccccc1Oc1cc(Br)ccc1/C=C/C(=O)O. The Balaban J connectivity index is 2.41. The van der Waals surface area contributed by atoms with Crippen LogP contribution in [0.3, 0.4) is 0 Å². The number of carboxylic acids is 1. The van der Waals surface area contributed by atoms with Crippen LogP contribution in [0.15, 0.2) is 53.0 Å². The molecule has 2 aromatic rings. The molecule has 0 aromatic heterocycles. The minimum absolute atomic E-state index is 0.408. The molecule has 0 heterocycles. The summed E-state index contributed by atoms with van der Waals surface area (Å²) in [7, 11) is 0. The van der Waals surface area contributed by atoms with Gasteiger partial charge in [-0.3, -0.25) is 0 Å². The van der Waals surface area contributed by atoms with Gasteiger partial charge < -0.3 is 9.84 Å². The van der Waals surface area contributed by atoms with E-state index in [9.17, 15) is 4.79 Å². The van der Waals surface area contributed by atoms with E-state index in [0.717, 1.165) is 10.5 Å². The van der Waals surface area contributed by atoms with Gasteiger partial charge in [0.15, 0.2) is 0 Å². The molecule has 0 amide bonds. The number of carbonyl (C=O) groups is 1. The highest BCUT2D eigenvalue weighted by Gasteiger charge is 2.07. The fourth-order valence-corrected chi connectivity index (χ4v) is 2.00. The number of aliphatic carboxylic acids is 1. The molecule has 0 aliphatic carbocycles. The Bertz CT molecular complexity index is 747. The van der Waals surface area contributed by atoms with Gasteiger partial charge in [-0.2, -0.15) is 5.26 Å². The summed E-state index contributed by atoms with van der Waals surface area (Å²) in [4.78, 5) is 10.6. The Morgan fingerprint density at radius 2 is 2.00 bits per heavy atom. The summed E-state index contributed by atoms with van der Waals surface area (Å²) in [6, 6.07) is 14.1. The number of hydrogen-bond acceptors (Lipinski definition) is 3. The topological polar surface area (TPSA) is 70.3 Å². The lowest BCUT2D eigenvalue weighted by Gasteiger charge is -2.10. The molecule has 1 N–H and O–H groups in total. The maximum Gasteiger partial charge on any atom is 0.328 e. The van der Waals surface area contributed by atoms with Crippen LogP contribution in [0.25, 0.3) is 6.08 Å². The average Bonchev–Trinajstić information content (AvgIpc) is 2.47. The van der Waals surface area contributed by atoms with Crippen molar-refractivity contribution < 1.29 is 14.6 Å². The highest BCUT2D eigenvalue weighted by Crippen LogP contribution is 2.31. The molecule has 0 saturated carbocycles. The standard InChI is InChI=1S/C16H10BrNO3/c17-13-7-5-11(6-8-16(19)20)15(9-13)21-14-4-2-1-3-12(14)10-18/h1-9H,(H,19,20)/b8-6+. The summed E-state index contributed by atoms with van der Waals surface area (Å²) in [5, 5.41) is 17.8. The summed E-state index contributed by atoms with van der Waals surface area (Å²) in [6.45, 7) is 0. The van der Waals surface area contributed by atoms with Crippen LogP contribution in [0.4, 0.5) is 0 Å². The minimum atomic E-state index is -1.04. The van der Waals surface area contributed by atoms with Crippen molar-refractivity contribution in [2.75, 3.05) is 0 Å². The van der Waals surface area contributed by atoms with Crippen LogP contribution < -0.4 is 4.74 Å². The van der Waals surface area contributed by atoms with Gasteiger partial charge in [-0.1, -0.05) is 34.1 Å². The van der Waals surface area contributed by atoms with Crippen molar-refractivity contribution in [1.82, 2.24) is 0 Å². The van der Waals surface area contributed by atoms with Crippen LogP contribution in [0, 0.1) is 11.3 Å². The van der Waals surface area contributed by atoms with Crippen molar-refractivity contribution >= 4 is 28.0 Å². The first-order valence-electron chi connectivity index (χ1n) is 5.97. The van der Waals surface area contributed by atoms with E-state index in [1.54, 1.807) is 42.5 Å². The Kier molecular flexibility index (Phi) is 4.75. The van der Waals surface area contributed by atoms with Crippen molar-refractivity contribution in [1.29, 1.82) is 5.26 Å². The Hall–Kier alpha value is -2.58. The fraction of sp³-hybridized carbons (Fsp3) is 0. The van der Waals surface area contributed by atoms with Crippen molar-refractivity contribution in [3.05, 3.63) is 64.1 Å². The zero-order chi connectivity index (χ0) is 15.2. The first kappa shape index (κ1) is 14.8. The second-order valence-electron chi connectivity index (χ2n) is 4.06. The maximum atomic E-state index is 10.6. The summed E-state index contributed by atoms with van der Waals surface area (Å²) in [6.07, 6.45) is 2.48. The summed E-state index contributed by atoms with van der Waals surface area (Å²) < 4.78 is 6.54. The first-order valence-corrected chi connectivity index (χ1v) is 6.77. The molecule has 0 fully saturated rings. The van der Waals surface area contributed by atoms with Gasteiger partial charge in [-0.05, 0) is 30.3 Å². The molecule has 0 aliphatic rings. The predicted molar refractivity (Wildman–Crippen MR) is 82.0 cm³/mol. The van der Waals surface area contributed by atoms with Crippen LogP contribution in [0.5, 0.6) is 11.5 Å². The fourth-order valence-electron chi connectivity index (χ4n) is 1.66. The molecule has 0 bridgehead atoms. The van der Waals surface area contributed by atoms with Gasteiger partial charge in [0, 0.05) is 16.1 Å². The summed E-state index contributed by atoms with van der Waals surface area (Å²) in [5.41, 5.74) is 1.01. The molecule has 21 heavy (non-hydrogen) atoms. The van der Waals surface area contributed by atoms with Gasteiger partial charge >= 0.3 is 5.97 Å². The second kappa shape index (κ2) is 6.73. The highest BCUT2D eigenvalue weighted by atomic mass is 79.9. The van der Waals surface area contributed by atoms with E-state index in [-0.39, 0.29) is 0 Å². The molecule has 0 radical (unpaired) electrons. The number of halogens is 1. The lowest BCUT2D eigenvalue weighted by molar-refractivity contribution is -0.131. The largest absolute Gasteiger partial charge is 0.478 e. The molecule has 0 aliphatic heterocycles. The zero-order valence-electron chi connectivity index (χ0n) is 10.8. The zero-order valence-corrected chi connectivity index (χ0v) is 12.4. The first-order chi connectivity index (χ1) is 10.1. The smallest absolute Gasteiger partial charge is 0.328 e. The van der Waals surface area contributed by atoms with E-state index >= 15 is 0 Å². The van der Waals surface area contributed by atoms with E-state index in [1.807, 2.05) is 0 Å². The number of ether oxygens (including phenoxy) is 1. The third-order valence-corrected chi connectivity index (χ3v) is 3.10. The van der Waals surface area contributed by atoms with Crippen LogP contribution in [-0.2, 0) is 4.79 Å². The molecule has 2 rings (SSSR count). The number of nitriles is 1. The van der Waals surface area contributed by atoms with Crippen molar-refractivity contribution in [2.45, 2.75) is 0 Å². The Morgan fingerprint density at radius 1 is 1.24 bits per heavy atom. The monoisotopic (exact) mass is 343 g/mol. The summed E-state index contributed by atoms with van der Waals surface area (Å²) >= 11 is 3.34.